The van der Waals surface area contributed by atoms with E-state index >= 15 is 0 Å². The van der Waals surface area contributed by atoms with Gasteiger partial charge in [-0.15, -0.1) is 0 Å². The van der Waals surface area contributed by atoms with Crippen LogP contribution in [0.15, 0.2) is 41.3 Å². The molecule has 4 heteroatoms. The minimum Gasteiger partial charge on any atom is -0.280 e. The summed E-state index contributed by atoms with van der Waals surface area (Å²) in [5.41, 5.74) is 4.76. The lowest BCUT2D eigenvalue weighted by Gasteiger charge is -2.23. The Kier molecular flexibility index (Phi) is 6.74. The van der Waals surface area contributed by atoms with Gasteiger partial charge in [-0.2, -0.15) is 0 Å². The first-order chi connectivity index (χ1) is 12.6. The molecule has 0 heterocycles. The van der Waals surface area contributed by atoms with Crippen molar-refractivity contribution in [1.82, 2.24) is 0 Å². The van der Waals surface area contributed by atoms with Crippen LogP contribution in [0.25, 0.3) is 0 Å². The molecule has 0 saturated carbocycles. The highest BCUT2D eigenvalue weighted by molar-refractivity contribution is 7.92. The maximum atomic E-state index is 13.4. The molecular weight excluding hydrogens is 354 g/mol. The molecule has 148 valence electrons. The van der Waals surface area contributed by atoms with Gasteiger partial charge in [-0.3, -0.25) is 4.72 Å². The zero-order valence-electron chi connectivity index (χ0n) is 17.6. The van der Waals surface area contributed by atoms with Crippen LogP contribution in [0, 0.1) is 0 Å². The Morgan fingerprint density at radius 1 is 0.815 bits per heavy atom. The summed E-state index contributed by atoms with van der Waals surface area (Å²) in [5, 5.41) is 0. The standard InChI is InChI=1S/C23H33NO2S/c1-8-18-9-11-20(12-10-18)24-27(25,26)23-21(16(4)5)13-19(15(2)3)14-22(23)17(6)7/h9-17,24H,8H2,1-7H3. The third-order valence-corrected chi connectivity index (χ3v) is 6.48. The van der Waals surface area contributed by atoms with Gasteiger partial charge >= 0.3 is 0 Å². The first kappa shape index (κ1) is 21.5. The van der Waals surface area contributed by atoms with E-state index in [-0.39, 0.29) is 11.8 Å². The largest absolute Gasteiger partial charge is 0.280 e. The number of rotatable bonds is 7. The summed E-state index contributed by atoms with van der Waals surface area (Å²) in [5.74, 6) is 0.594. The lowest BCUT2D eigenvalue weighted by molar-refractivity contribution is 0.595. The summed E-state index contributed by atoms with van der Waals surface area (Å²) in [6.07, 6.45) is 0.929. The summed E-state index contributed by atoms with van der Waals surface area (Å²) in [4.78, 5) is 0.441. The molecule has 27 heavy (non-hydrogen) atoms. The summed E-state index contributed by atoms with van der Waals surface area (Å²) < 4.78 is 29.6. The fraction of sp³-hybridized carbons (Fsp3) is 0.478. The zero-order chi connectivity index (χ0) is 20.4. The van der Waals surface area contributed by atoms with E-state index in [1.54, 1.807) is 0 Å². The van der Waals surface area contributed by atoms with E-state index in [9.17, 15) is 8.42 Å². The highest BCUT2D eigenvalue weighted by Crippen LogP contribution is 2.36. The number of hydrogen-bond acceptors (Lipinski definition) is 2. The topological polar surface area (TPSA) is 46.2 Å². The van der Waals surface area contributed by atoms with Crippen LogP contribution >= 0.6 is 0 Å². The molecule has 0 aliphatic rings. The highest BCUT2D eigenvalue weighted by Gasteiger charge is 2.27. The Morgan fingerprint density at radius 3 is 1.67 bits per heavy atom. The summed E-state index contributed by atoms with van der Waals surface area (Å²) in [7, 11) is -3.68. The van der Waals surface area contributed by atoms with Crippen molar-refractivity contribution in [1.29, 1.82) is 0 Å². The van der Waals surface area contributed by atoms with Gasteiger partial charge in [0, 0.05) is 5.69 Å². The van der Waals surface area contributed by atoms with Crippen molar-refractivity contribution in [3.8, 4) is 0 Å². The molecule has 1 N–H and O–H groups in total. The molecular formula is C23H33NO2S. The van der Waals surface area contributed by atoms with Crippen molar-refractivity contribution < 1.29 is 8.42 Å². The van der Waals surface area contributed by atoms with Crippen LogP contribution in [0.1, 0.15) is 88.5 Å². The summed E-state index contributed by atoms with van der Waals surface area (Å²) in [6.45, 7) is 14.6. The third-order valence-electron chi connectivity index (χ3n) is 4.96. The first-order valence-corrected chi connectivity index (χ1v) is 11.3. The molecule has 2 rings (SSSR count). The van der Waals surface area contributed by atoms with E-state index in [1.807, 2.05) is 24.3 Å². The van der Waals surface area contributed by atoms with Gasteiger partial charge < -0.3 is 0 Å². The number of anilines is 1. The lowest BCUT2D eigenvalue weighted by atomic mass is 9.89. The molecule has 0 atom stereocenters. The average Bonchev–Trinajstić information content (AvgIpc) is 2.60. The van der Waals surface area contributed by atoms with Gasteiger partial charge in [0.15, 0.2) is 0 Å². The lowest BCUT2D eigenvalue weighted by Crippen LogP contribution is -2.19. The van der Waals surface area contributed by atoms with E-state index in [0.29, 0.717) is 16.5 Å². The first-order valence-electron chi connectivity index (χ1n) is 9.86. The predicted octanol–water partition coefficient (Wildman–Crippen LogP) is 6.42. The van der Waals surface area contributed by atoms with Crippen LogP contribution in [0.3, 0.4) is 0 Å². The number of aryl methyl sites for hydroxylation is 1. The van der Waals surface area contributed by atoms with Crippen molar-refractivity contribution >= 4 is 15.7 Å². The van der Waals surface area contributed by atoms with Gasteiger partial charge in [0.1, 0.15) is 0 Å². The van der Waals surface area contributed by atoms with Crippen LogP contribution in [-0.2, 0) is 16.4 Å². The van der Waals surface area contributed by atoms with Gasteiger partial charge in [0.2, 0.25) is 0 Å². The fourth-order valence-electron chi connectivity index (χ4n) is 3.21. The molecule has 0 bridgehead atoms. The van der Waals surface area contributed by atoms with Crippen molar-refractivity contribution in [3.05, 3.63) is 58.7 Å². The molecule has 0 fully saturated rings. The third kappa shape index (κ3) is 4.92. The van der Waals surface area contributed by atoms with Gasteiger partial charge in [0.25, 0.3) is 10.0 Å². The second kappa shape index (κ2) is 8.47. The van der Waals surface area contributed by atoms with E-state index in [1.165, 1.54) is 11.1 Å². The normalized spacial score (nSPS) is 12.2. The van der Waals surface area contributed by atoms with E-state index in [2.05, 4.69) is 65.3 Å². The van der Waals surface area contributed by atoms with E-state index in [0.717, 1.165) is 17.5 Å². The highest BCUT2D eigenvalue weighted by atomic mass is 32.2. The zero-order valence-corrected chi connectivity index (χ0v) is 18.4. The van der Waals surface area contributed by atoms with Crippen molar-refractivity contribution in [2.45, 2.75) is 77.5 Å². The molecule has 2 aromatic rings. The minimum absolute atomic E-state index is 0.121. The van der Waals surface area contributed by atoms with Crippen molar-refractivity contribution in [2.75, 3.05) is 4.72 Å². The maximum absolute atomic E-state index is 13.4. The Morgan fingerprint density at radius 2 is 1.30 bits per heavy atom. The summed E-state index contributed by atoms with van der Waals surface area (Å²) in [6, 6.07) is 11.7. The predicted molar refractivity (Wildman–Crippen MR) is 115 cm³/mol. The molecule has 0 saturated heterocycles. The Hall–Kier alpha value is -1.81. The molecule has 0 aliphatic heterocycles. The summed E-state index contributed by atoms with van der Waals surface area (Å²) >= 11 is 0. The van der Waals surface area contributed by atoms with Crippen LogP contribution in [0.4, 0.5) is 5.69 Å². The van der Waals surface area contributed by atoms with Crippen LogP contribution in [0.5, 0.6) is 0 Å². The molecule has 3 nitrogen and oxygen atoms in total. The van der Waals surface area contributed by atoms with Gasteiger partial charge in [-0.1, -0.05) is 72.7 Å². The quantitative estimate of drug-likeness (QED) is 0.596. The molecule has 0 amide bonds. The molecule has 2 aromatic carbocycles. The van der Waals surface area contributed by atoms with Crippen molar-refractivity contribution in [2.24, 2.45) is 0 Å². The maximum Gasteiger partial charge on any atom is 0.262 e. The molecule has 0 aromatic heterocycles. The number of nitrogens with one attached hydrogen (secondary N) is 1. The molecule has 0 aliphatic carbocycles. The van der Waals surface area contributed by atoms with Crippen LogP contribution in [0.2, 0.25) is 0 Å². The fourth-order valence-corrected chi connectivity index (χ4v) is 4.97. The second-order valence-electron chi connectivity index (χ2n) is 8.15. The Bertz CT molecular complexity index is 850. The van der Waals surface area contributed by atoms with Gasteiger partial charge in [-0.05, 0) is 58.6 Å². The van der Waals surface area contributed by atoms with E-state index < -0.39 is 10.0 Å². The Balaban J connectivity index is 2.62. The van der Waals surface area contributed by atoms with Gasteiger partial charge in [0.05, 0.1) is 4.90 Å². The molecule has 0 spiro atoms. The number of hydrogen-bond donors (Lipinski definition) is 1. The molecule has 0 unspecified atom stereocenters. The Labute approximate surface area is 165 Å². The SMILES string of the molecule is CCc1ccc(NS(=O)(=O)c2c(C(C)C)cc(C(C)C)cc2C(C)C)cc1. The van der Waals surface area contributed by atoms with Crippen molar-refractivity contribution in [3.63, 3.8) is 0 Å². The molecule has 0 radical (unpaired) electrons. The minimum atomic E-state index is -3.68. The average molecular weight is 388 g/mol. The van der Waals surface area contributed by atoms with E-state index in [4.69, 9.17) is 0 Å². The van der Waals surface area contributed by atoms with Gasteiger partial charge in [-0.25, -0.2) is 8.42 Å². The van der Waals surface area contributed by atoms with Crippen LogP contribution in [-0.4, -0.2) is 8.42 Å². The number of benzene rings is 2. The van der Waals surface area contributed by atoms with Crippen LogP contribution < -0.4 is 4.72 Å². The second-order valence-corrected chi connectivity index (χ2v) is 9.77. The number of sulfonamides is 1. The monoisotopic (exact) mass is 387 g/mol. The smallest absolute Gasteiger partial charge is 0.262 e.